The molecule has 1 atom stereocenters. The summed E-state index contributed by atoms with van der Waals surface area (Å²) in [5.74, 6) is -0.349. The number of hydrogen-bond acceptors (Lipinski definition) is 2. The Morgan fingerprint density at radius 1 is 1.22 bits per heavy atom. The fraction of sp³-hybridized carbons (Fsp3) is 0.250. The zero-order chi connectivity index (χ0) is 17.0. The molecule has 2 nitrogen and oxygen atoms in total. The van der Waals surface area contributed by atoms with Crippen molar-refractivity contribution in [3.63, 3.8) is 0 Å². The molecular formula is C20H21ClO2. The molecule has 0 radical (unpaired) electrons. The molecule has 2 rings (SSSR count). The summed E-state index contributed by atoms with van der Waals surface area (Å²) in [4.78, 5) is 12.7. The number of esters is 1. The number of aryl methyl sites for hydroxylation is 2. The molecule has 0 aliphatic heterocycles. The third-order valence-corrected chi connectivity index (χ3v) is 4.46. The van der Waals surface area contributed by atoms with Gasteiger partial charge in [-0.2, -0.15) is 0 Å². The van der Waals surface area contributed by atoms with Crippen LogP contribution in [0.15, 0.2) is 49.1 Å². The van der Waals surface area contributed by atoms with Crippen LogP contribution >= 0.6 is 11.6 Å². The van der Waals surface area contributed by atoms with E-state index in [1.54, 1.807) is 6.08 Å². The lowest BCUT2D eigenvalue weighted by molar-refractivity contribution is 0.0302. The Kier molecular flexibility index (Phi) is 5.62. The van der Waals surface area contributed by atoms with Crippen molar-refractivity contribution in [3.05, 3.63) is 81.9 Å². The standard InChI is InChI=1S/C20H21ClO2/c1-5-9-17(16-10-7-6-8-11-16)23-20(22)18-13(2)12-14(3)19(21)15(18)4/h5-8,10-12,17H,1,9H2,2-4H3/t17-/m0/s1. The van der Waals surface area contributed by atoms with Crippen molar-refractivity contribution in [2.24, 2.45) is 0 Å². The zero-order valence-electron chi connectivity index (χ0n) is 13.7. The molecule has 0 aliphatic carbocycles. The molecule has 120 valence electrons. The number of halogens is 1. The number of carbonyl (C=O) groups is 1. The van der Waals surface area contributed by atoms with E-state index in [4.69, 9.17) is 16.3 Å². The number of carbonyl (C=O) groups excluding carboxylic acids is 1. The lowest BCUT2D eigenvalue weighted by Crippen LogP contribution is -2.14. The van der Waals surface area contributed by atoms with Crippen molar-refractivity contribution in [2.45, 2.75) is 33.3 Å². The first-order valence-electron chi connectivity index (χ1n) is 7.58. The van der Waals surface area contributed by atoms with Gasteiger partial charge in [0.05, 0.1) is 5.56 Å². The van der Waals surface area contributed by atoms with Crippen LogP contribution in [0.1, 0.15) is 45.1 Å². The average Bonchev–Trinajstić information content (AvgIpc) is 2.53. The van der Waals surface area contributed by atoms with E-state index >= 15 is 0 Å². The molecule has 0 amide bonds. The molecule has 23 heavy (non-hydrogen) atoms. The highest BCUT2D eigenvalue weighted by molar-refractivity contribution is 6.32. The Morgan fingerprint density at radius 3 is 2.48 bits per heavy atom. The van der Waals surface area contributed by atoms with Crippen LogP contribution in [-0.4, -0.2) is 5.97 Å². The van der Waals surface area contributed by atoms with Gasteiger partial charge in [0.15, 0.2) is 0 Å². The molecule has 0 aromatic heterocycles. The van der Waals surface area contributed by atoms with Crippen molar-refractivity contribution >= 4 is 17.6 Å². The SMILES string of the molecule is C=CC[C@H](OC(=O)c1c(C)cc(C)c(Cl)c1C)c1ccccc1. The van der Waals surface area contributed by atoms with Gasteiger partial charge in [-0.25, -0.2) is 4.79 Å². The average molecular weight is 329 g/mol. The summed E-state index contributed by atoms with van der Waals surface area (Å²) in [6, 6.07) is 11.6. The van der Waals surface area contributed by atoms with E-state index in [2.05, 4.69) is 6.58 Å². The predicted molar refractivity (Wildman–Crippen MR) is 95.1 cm³/mol. The number of benzene rings is 2. The van der Waals surface area contributed by atoms with Gasteiger partial charge >= 0.3 is 5.97 Å². The van der Waals surface area contributed by atoms with Crippen LogP contribution in [0.2, 0.25) is 5.02 Å². The van der Waals surface area contributed by atoms with Gasteiger partial charge in [-0.1, -0.05) is 54.1 Å². The van der Waals surface area contributed by atoms with Gasteiger partial charge in [0.1, 0.15) is 6.10 Å². The maximum atomic E-state index is 12.7. The second-order valence-electron chi connectivity index (χ2n) is 5.65. The minimum absolute atomic E-state index is 0.347. The van der Waals surface area contributed by atoms with Crippen LogP contribution in [-0.2, 0) is 4.74 Å². The third kappa shape index (κ3) is 3.83. The first kappa shape index (κ1) is 17.3. The molecule has 2 aromatic rings. The van der Waals surface area contributed by atoms with E-state index in [9.17, 15) is 4.79 Å². The van der Waals surface area contributed by atoms with Gasteiger partial charge in [0.2, 0.25) is 0 Å². The quantitative estimate of drug-likeness (QED) is 0.516. The van der Waals surface area contributed by atoms with Crippen LogP contribution < -0.4 is 0 Å². The van der Waals surface area contributed by atoms with Gasteiger partial charge in [0.25, 0.3) is 0 Å². The number of rotatable bonds is 5. The summed E-state index contributed by atoms with van der Waals surface area (Å²) < 4.78 is 5.75. The maximum absolute atomic E-state index is 12.7. The Labute approximate surface area is 142 Å². The highest BCUT2D eigenvalue weighted by Crippen LogP contribution is 2.29. The largest absolute Gasteiger partial charge is 0.454 e. The van der Waals surface area contributed by atoms with Crippen molar-refractivity contribution in [1.82, 2.24) is 0 Å². The summed E-state index contributed by atoms with van der Waals surface area (Å²) in [5.41, 5.74) is 4.10. The van der Waals surface area contributed by atoms with E-state index in [1.165, 1.54) is 0 Å². The molecule has 0 heterocycles. The highest BCUT2D eigenvalue weighted by Gasteiger charge is 2.21. The van der Waals surface area contributed by atoms with Crippen LogP contribution in [0.25, 0.3) is 0 Å². The summed E-state index contributed by atoms with van der Waals surface area (Å²) >= 11 is 6.29. The van der Waals surface area contributed by atoms with Crippen LogP contribution in [0, 0.1) is 20.8 Å². The maximum Gasteiger partial charge on any atom is 0.339 e. The van der Waals surface area contributed by atoms with E-state index in [-0.39, 0.29) is 12.1 Å². The molecule has 3 heteroatoms. The monoisotopic (exact) mass is 328 g/mol. The van der Waals surface area contributed by atoms with Gasteiger partial charge < -0.3 is 4.74 Å². The molecular weight excluding hydrogens is 308 g/mol. The molecule has 0 fully saturated rings. The Bertz CT molecular complexity index is 720. The lowest BCUT2D eigenvalue weighted by atomic mass is 9.99. The molecule has 0 saturated heterocycles. The van der Waals surface area contributed by atoms with Crippen molar-refractivity contribution in [1.29, 1.82) is 0 Å². The summed E-state index contributed by atoms with van der Waals surface area (Å²) in [5, 5.41) is 0.613. The molecule has 0 unspecified atom stereocenters. The van der Waals surface area contributed by atoms with Gasteiger partial charge in [-0.15, -0.1) is 6.58 Å². The normalized spacial score (nSPS) is 11.8. The van der Waals surface area contributed by atoms with E-state index in [0.717, 1.165) is 22.3 Å². The first-order chi connectivity index (χ1) is 11.0. The minimum Gasteiger partial charge on any atom is -0.454 e. The molecule has 0 spiro atoms. The first-order valence-corrected chi connectivity index (χ1v) is 7.96. The van der Waals surface area contributed by atoms with E-state index < -0.39 is 0 Å². The minimum atomic E-state index is -0.349. The molecule has 0 N–H and O–H groups in total. The van der Waals surface area contributed by atoms with Gasteiger partial charge in [0, 0.05) is 11.4 Å². The van der Waals surface area contributed by atoms with Crippen LogP contribution in [0.4, 0.5) is 0 Å². The highest BCUT2D eigenvalue weighted by atomic mass is 35.5. The van der Waals surface area contributed by atoms with Crippen LogP contribution in [0.3, 0.4) is 0 Å². The fourth-order valence-corrected chi connectivity index (χ4v) is 2.88. The molecule has 0 aliphatic rings. The summed E-state index contributed by atoms with van der Waals surface area (Å²) in [6.45, 7) is 9.44. The van der Waals surface area contributed by atoms with Crippen LogP contribution in [0.5, 0.6) is 0 Å². The topological polar surface area (TPSA) is 26.3 Å². The van der Waals surface area contributed by atoms with E-state index in [1.807, 2.05) is 57.2 Å². The molecule has 0 saturated carbocycles. The van der Waals surface area contributed by atoms with Crippen molar-refractivity contribution in [2.75, 3.05) is 0 Å². The lowest BCUT2D eigenvalue weighted by Gasteiger charge is -2.19. The Hall–Kier alpha value is -2.06. The van der Waals surface area contributed by atoms with E-state index in [0.29, 0.717) is 17.0 Å². The second kappa shape index (κ2) is 7.47. The second-order valence-corrected chi connectivity index (χ2v) is 6.03. The van der Waals surface area contributed by atoms with Gasteiger partial charge in [-0.3, -0.25) is 0 Å². The zero-order valence-corrected chi connectivity index (χ0v) is 14.5. The number of hydrogen-bond donors (Lipinski definition) is 0. The Balaban J connectivity index is 2.33. The summed E-state index contributed by atoms with van der Waals surface area (Å²) in [6.07, 6.45) is 1.97. The third-order valence-electron chi connectivity index (χ3n) is 3.88. The Morgan fingerprint density at radius 2 is 1.87 bits per heavy atom. The van der Waals surface area contributed by atoms with Crippen molar-refractivity contribution < 1.29 is 9.53 Å². The van der Waals surface area contributed by atoms with Crippen molar-refractivity contribution in [3.8, 4) is 0 Å². The molecule has 2 aromatic carbocycles. The summed E-state index contributed by atoms with van der Waals surface area (Å²) in [7, 11) is 0. The smallest absolute Gasteiger partial charge is 0.339 e. The fourth-order valence-electron chi connectivity index (χ4n) is 2.74. The van der Waals surface area contributed by atoms with Gasteiger partial charge in [-0.05, 0) is 43.0 Å². The number of ether oxygens (including phenoxy) is 1. The predicted octanol–water partition coefficient (Wildman–Crippen LogP) is 5.74. The molecule has 0 bridgehead atoms.